The van der Waals surface area contributed by atoms with E-state index < -0.39 is 0 Å². The number of rotatable bonds is 10. The molecular formula is C21H33ClN2O4. The Bertz CT molecular complexity index is 633. The first kappa shape index (κ1) is 24.2. The van der Waals surface area contributed by atoms with Gasteiger partial charge in [0.25, 0.3) is 0 Å². The van der Waals surface area contributed by atoms with Crippen molar-refractivity contribution in [3.8, 4) is 11.5 Å². The lowest BCUT2D eigenvalue weighted by atomic mass is 10.0. The van der Waals surface area contributed by atoms with Crippen LogP contribution in [-0.4, -0.2) is 56.0 Å². The number of benzene rings is 1. The van der Waals surface area contributed by atoms with Crippen LogP contribution in [0.1, 0.15) is 56.3 Å². The van der Waals surface area contributed by atoms with Crippen LogP contribution in [0.25, 0.3) is 0 Å². The summed E-state index contributed by atoms with van der Waals surface area (Å²) >= 11 is 0. The highest BCUT2D eigenvalue weighted by Gasteiger charge is 2.24. The van der Waals surface area contributed by atoms with Crippen molar-refractivity contribution in [2.45, 2.75) is 52.0 Å². The van der Waals surface area contributed by atoms with Crippen LogP contribution in [0, 0.1) is 0 Å². The molecule has 158 valence electrons. The number of carbonyl (C=O) groups is 2. The Hall–Kier alpha value is -1.79. The minimum atomic E-state index is -0.0145. The van der Waals surface area contributed by atoms with Crippen molar-refractivity contribution in [2.24, 2.45) is 0 Å². The van der Waals surface area contributed by atoms with Crippen LogP contribution < -0.4 is 14.8 Å². The monoisotopic (exact) mass is 412 g/mol. The van der Waals surface area contributed by atoms with E-state index in [4.69, 9.17) is 9.47 Å². The predicted octanol–water partition coefficient (Wildman–Crippen LogP) is 3.47. The molecule has 1 N–H and O–H groups in total. The molecule has 2 rings (SSSR count). The van der Waals surface area contributed by atoms with Gasteiger partial charge in [-0.3, -0.25) is 9.59 Å². The maximum absolute atomic E-state index is 12.7. The van der Waals surface area contributed by atoms with E-state index in [1.54, 1.807) is 25.3 Å². The average molecular weight is 413 g/mol. The summed E-state index contributed by atoms with van der Waals surface area (Å²) in [6.45, 7) is 6.86. The maximum atomic E-state index is 12.7. The van der Waals surface area contributed by atoms with Gasteiger partial charge in [0.15, 0.2) is 17.3 Å². The lowest BCUT2D eigenvalue weighted by Gasteiger charge is -2.34. The topological polar surface area (TPSA) is 67.9 Å². The Kier molecular flexibility index (Phi) is 10.9. The van der Waals surface area contributed by atoms with Crippen molar-refractivity contribution < 1.29 is 19.1 Å². The molecule has 0 aromatic heterocycles. The molecule has 0 radical (unpaired) electrons. The van der Waals surface area contributed by atoms with Gasteiger partial charge in [-0.25, -0.2) is 0 Å². The molecule has 1 saturated heterocycles. The number of ketones is 1. The van der Waals surface area contributed by atoms with E-state index in [1.807, 2.05) is 0 Å². The van der Waals surface area contributed by atoms with Crippen molar-refractivity contribution >= 4 is 24.1 Å². The minimum Gasteiger partial charge on any atom is -0.493 e. The molecule has 1 aromatic carbocycles. The van der Waals surface area contributed by atoms with E-state index in [9.17, 15) is 9.59 Å². The number of carbonyl (C=O) groups excluding carboxylic acids is 2. The summed E-state index contributed by atoms with van der Waals surface area (Å²) in [6.07, 6.45) is 4.18. The Balaban J connectivity index is 0.00000392. The number of piperidine rings is 1. The van der Waals surface area contributed by atoms with Gasteiger partial charge in [-0.15, -0.1) is 12.4 Å². The maximum Gasteiger partial charge on any atom is 0.222 e. The Morgan fingerprint density at radius 2 is 1.93 bits per heavy atom. The molecule has 1 fully saturated rings. The van der Waals surface area contributed by atoms with E-state index in [0.717, 1.165) is 38.9 Å². The van der Waals surface area contributed by atoms with Crippen molar-refractivity contribution in [2.75, 3.05) is 33.4 Å². The summed E-state index contributed by atoms with van der Waals surface area (Å²) in [5.41, 5.74) is 0.589. The normalized spacial score (nSPS) is 14.1. The standard InChI is InChI=1S/C21H32N2O4.ClH/c1-4-13-23(18-9-11-22-12-10-18)21(25)6-5-14-27-19-8-7-17(16(2)24)15-20(19)26-3;/h7-8,15,18,22H,4-6,9-14H2,1-3H3;1H. The molecule has 0 bridgehead atoms. The highest BCUT2D eigenvalue weighted by Crippen LogP contribution is 2.28. The zero-order valence-electron chi connectivity index (χ0n) is 17.2. The molecule has 7 heteroatoms. The summed E-state index contributed by atoms with van der Waals surface area (Å²) in [7, 11) is 1.55. The predicted molar refractivity (Wildman–Crippen MR) is 113 cm³/mol. The van der Waals surface area contributed by atoms with Crippen LogP contribution in [-0.2, 0) is 4.79 Å². The van der Waals surface area contributed by atoms with E-state index >= 15 is 0 Å². The van der Waals surface area contributed by atoms with Gasteiger partial charge in [-0.05, 0) is 63.9 Å². The molecule has 6 nitrogen and oxygen atoms in total. The van der Waals surface area contributed by atoms with Crippen molar-refractivity contribution in [3.05, 3.63) is 23.8 Å². The van der Waals surface area contributed by atoms with Gasteiger partial charge in [0, 0.05) is 24.6 Å². The van der Waals surface area contributed by atoms with Crippen molar-refractivity contribution in [3.63, 3.8) is 0 Å². The van der Waals surface area contributed by atoms with Gasteiger partial charge in [-0.1, -0.05) is 6.92 Å². The first-order valence-corrected chi connectivity index (χ1v) is 9.88. The second-order valence-corrected chi connectivity index (χ2v) is 6.94. The highest BCUT2D eigenvalue weighted by atomic mass is 35.5. The molecule has 1 aliphatic heterocycles. The van der Waals surface area contributed by atoms with Crippen LogP contribution in [0.5, 0.6) is 11.5 Å². The second kappa shape index (κ2) is 12.6. The Morgan fingerprint density at radius 3 is 2.54 bits per heavy atom. The lowest BCUT2D eigenvalue weighted by molar-refractivity contribution is -0.134. The summed E-state index contributed by atoms with van der Waals surface area (Å²) in [5.74, 6) is 1.33. The molecule has 0 spiro atoms. The molecule has 1 heterocycles. The molecule has 0 aliphatic carbocycles. The quantitative estimate of drug-likeness (QED) is 0.470. The molecule has 0 saturated carbocycles. The van der Waals surface area contributed by atoms with E-state index in [0.29, 0.717) is 42.6 Å². The number of nitrogens with zero attached hydrogens (tertiary/aromatic N) is 1. The van der Waals surface area contributed by atoms with Crippen LogP contribution in [0.15, 0.2) is 18.2 Å². The smallest absolute Gasteiger partial charge is 0.222 e. The van der Waals surface area contributed by atoms with E-state index in [-0.39, 0.29) is 24.1 Å². The SMILES string of the molecule is CCCN(C(=O)CCCOc1ccc(C(C)=O)cc1OC)C1CCNCC1.Cl. The lowest BCUT2D eigenvalue weighted by Crippen LogP contribution is -2.46. The van der Waals surface area contributed by atoms with Crippen LogP contribution in [0.3, 0.4) is 0 Å². The number of Topliss-reactive ketones (excluding diaryl/α,β-unsaturated/α-hetero) is 1. The number of amides is 1. The van der Waals surface area contributed by atoms with Gasteiger partial charge in [0.1, 0.15) is 0 Å². The number of hydrogen-bond donors (Lipinski definition) is 1. The molecule has 0 unspecified atom stereocenters. The van der Waals surface area contributed by atoms with Gasteiger partial charge in [0.2, 0.25) is 5.91 Å². The van der Waals surface area contributed by atoms with Gasteiger partial charge >= 0.3 is 0 Å². The minimum absolute atomic E-state index is 0. The molecule has 0 atom stereocenters. The summed E-state index contributed by atoms with van der Waals surface area (Å²) < 4.78 is 11.1. The van der Waals surface area contributed by atoms with Crippen molar-refractivity contribution in [1.82, 2.24) is 10.2 Å². The number of halogens is 1. The van der Waals surface area contributed by atoms with E-state index in [1.165, 1.54) is 6.92 Å². The Morgan fingerprint density at radius 1 is 1.21 bits per heavy atom. The molecule has 1 aliphatic rings. The number of ether oxygens (including phenoxy) is 2. The van der Waals surface area contributed by atoms with E-state index in [2.05, 4.69) is 17.1 Å². The number of methoxy groups -OCH3 is 1. The molecule has 28 heavy (non-hydrogen) atoms. The van der Waals surface area contributed by atoms with Crippen LogP contribution in [0.2, 0.25) is 0 Å². The Labute approximate surface area is 174 Å². The zero-order valence-corrected chi connectivity index (χ0v) is 18.0. The number of hydrogen-bond acceptors (Lipinski definition) is 5. The van der Waals surface area contributed by atoms with Gasteiger partial charge in [-0.2, -0.15) is 0 Å². The summed E-state index contributed by atoms with van der Waals surface area (Å²) in [4.78, 5) is 26.2. The van der Waals surface area contributed by atoms with Crippen molar-refractivity contribution in [1.29, 1.82) is 0 Å². The fourth-order valence-corrected chi connectivity index (χ4v) is 3.43. The van der Waals surface area contributed by atoms with Gasteiger partial charge in [0.05, 0.1) is 13.7 Å². The van der Waals surface area contributed by atoms with Crippen LogP contribution >= 0.6 is 12.4 Å². The third-order valence-electron chi connectivity index (χ3n) is 4.90. The average Bonchev–Trinajstić information content (AvgIpc) is 2.69. The molecule has 1 amide bonds. The third kappa shape index (κ3) is 6.99. The molecule has 1 aromatic rings. The fourth-order valence-electron chi connectivity index (χ4n) is 3.43. The van der Waals surface area contributed by atoms with Gasteiger partial charge < -0.3 is 19.7 Å². The first-order chi connectivity index (χ1) is 13.1. The first-order valence-electron chi connectivity index (χ1n) is 9.88. The second-order valence-electron chi connectivity index (χ2n) is 6.94. The number of nitrogens with one attached hydrogen (secondary N) is 1. The van der Waals surface area contributed by atoms with Crippen LogP contribution in [0.4, 0.5) is 0 Å². The largest absolute Gasteiger partial charge is 0.493 e. The molecular weight excluding hydrogens is 380 g/mol. The fraction of sp³-hybridized carbons (Fsp3) is 0.619. The summed E-state index contributed by atoms with van der Waals surface area (Å²) in [6, 6.07) is 5.52. The highest BCUT2D eigenvalue weighted by molar-refractivity contribution is 5.94. The summed E-state index contributed by atoms with van der Waals surface area (Å²) in [5, 5.41) is 3.35. The third-order valence-corrected chi connectivity index (χ3v) is 4.90. The zero-order chi connectivity index (χ0) is 19.6.